The zero-order valence-corrected chi connectivity index (χ0v) is 14.6. The minimum absolute atomic E-state index is 0.0612. The fourth-order valence-electron chi connectivity index (χ4n) is 2.68. The third-order valence-electron chi connectivity index (χ3n) is 3.97. The summed E-state index contributed by atoms with van der Waals surface area (Å²) in [5.74, 6) is -1.17. The van der Waals surface area contributed by atoms with Crippen LogP contribution in [0.3, 0.4) is 0 Å². The molecule has 0 spiro atoms. The molecule has 3 rings (SSSR count). The number of para-hydroxylation sites is 1. The first-order chi connectivity index (χ1) is 12.5. The molecule has 26 heavy (non-hydrogen) atoms. The van der Waals surface area contributed by atoms with Gasteiger partial charge in [-0.1, -0.05) is 23.7 Å². The van der Waals surface area contributed by atoms with Crippen molar-refractivity contribution < 1.29 is 23.5 Å². The number of furan rings is 1. The number of carbonyl (C=O) groups is 3. The van der Waals surface area contributed by atoms with Crippen LogP contribution < -0.4 is 5.32 Å². The zero-order chi connectivity index (χ0) is 18.5. The van der Waals surface area contributed by atoms with Crippen LogP contribution in [-0.2, 0) is 25.7 Å². The Labute approximate surface area is 154 Å². The van der Waals surface area contributed by atoms with E-state index in [1.807, 2.05) is 0 Å². The van der Waals surface area contributed by atoms with E-state index in [0.29, 0.717) is 23.0 Å². The summed E-state index contributed by atoms with van der Waals surface area (Å²) in [6.07, 6.45) is 1.59. The number of ether oxygens (including phenoxy) is 1. The molecule has 1 aliphatic heterocycles. The van der Waals surface area contributed by atoms with Gasteiger partial charge in [-0.2, -0.15) is 0 Å². The molecule has 1 aromatic heterocycles. The molecule has 1 saturated heterocycles. The van der Waals surface area contributed by atoms with Crippen molar-refractivity contribution in [1.82, 2.24) is 4.90 Å². The van der Waals surface area contributed by atoms with E-state index in [1.165, 1.54) is 11.2 Å². The summed E-state index contributed by atoms with van der Waals surface area (Å²) in [6.45, 7) is 0.111. The lowest BCUT2D eigenvalue weighted by atomic mass is 10.1. The fraction of sp³-hybridized carbons (Fsp3) is 0.278. The summed E-state index contributed by atoms with van der Waals surface area (Å²) in [5.41, 5.74) is 0.441. The molecule has 7 nitrogen and oxygen atoms in total. The standard InChI is InChI=1S/C18H17ClN2O5/c19-14-5-1-2-6-15(14)20-16(22)11-26-18(24)12-8-17(23)21(9-12)10-13-4-3-7-25-13/h1-7,12H,8-11H2,(H,20,22)/t12-/m0/s1. The average molecular weight is 377 g/mol. The maximum absolute atomic E-state index is 12.1. The molecule has 1 fully saturated rings. The predicted octanol–water partition coefficient (Wildman–Crippen LogP) is 2.46. The molecule has 0 radical (unpaired) electrons. The van der Waals surface area contributed by atoms with Crippen LogP contribution in [0.15, 0.2) is 47.1 Å². The summed E-state index contributed by atoms with van der Waals surface area (Å²) in [6, 6.07) is 10.2. The van der Waals surface area contributed by atoms with Gasteiger partial charge in [-0.3, -0.25) is 14.4 Å². The first kappa shape index (κ1) is 18.0. The molecule has 1 atom stereocenters. The fourth-order valence-corrected chi connectivity index (χ4v) is 2.86. The van der Waals surface area contributed by atoms with E-state index in [1.54, 1.807) is 36.4 Å². The van der Waals surface area contributed by atoms with Crippen LogP contribution in [0.1, 0.15) is 12.2 Å². The van der Waals surface area contributed by atoms with Crippen LogP contribution in [0.4, 0.5) is 5.69 Å². The van der Waals surface area contributed by atoms with Crippen LogP contribution in [0, 0.1) is 5.92 Å². The first-order valence-corrected chi connectivity index (χ1v) is 8.42. The van der Waals surface area contributed by atoms with Gasteiger partial charge in [0.15, 0.2) is 6.61 Å². The molecule has 0 saturated carbocycles. The summed E-state index contributed by atoms with van der Waals surface area (Å²) in [5, 5.41) is 2.96. The smallest absolute Gasteiger partial charge is 0.311 e. The van der Waals surface area contributed by atoms with Crippen molar-refractivity contribution in [2.75, 3.05) is 18.5 Å². The molecule has 0 aliphatic carbocycles. The van der Waals surface area contributed by atoms with Crippen molar-refractivity contribution in [3.8, 4) is 0 Å². The SMILES string of the molecule is O=C(COC(=O)[C@H]1CC(=O)N(Cc2ccco2)C1)Nc1ccccc1Cl. The molecule has 2 aromatic rings. The van der Waals surface area contributed by atoms with Gasteiger partial charge in [0, 0.05) is 13.0 Å². The topological polar surface area (TPSA) is 88.9 Å². The van der Waals surface area contributed by atoms with Crippen molar-refractivity contribution >= 4 is 35.1 Å². The number of nitrogens with zero attached hydrogens (tertiary/aromatic N) is 1. The number of nitrogens with one attached hydrogen (secondary N) is 1. The highest BCUT2D eigenvalue weighted by Crippen LogP contribution is 2.22. The highest BCUT2D eigenvalue weighted by Gasteiger charge is 2.35. The number of rotatable bonds is 6. The highest BCUT2D eigenvalue weighted by molar-refractivity contribution is 6.33. The van der Waals surface area contributed by atoms with Gasteiger partial charge in [-0.25, -0.2) is 0 Å². The Morgan fingerprint density at radius 2 is 2.08 bits per heavy atom. The van der Waals surface area contributed by atoms with Crippen LogP contribution in [0.25, 0.3) is 0 Å². The van der Waals surface area contributed by atoms with Gasteiger partial charge < -0.3 is 19.4 Å². The highest BCUT2D eigenvalue weighted by atomic mass is 35.5. The Morgan fingerprint density at radius 3 is 2.81 bits per heavy atom. The predicted molar refractivity (Wildman–Crippen MR) is 93.3 cm³/mol. The molecule has 136 valence electrons. The van der Waals surface area contributed by atoms with Gasteiger partial charge in [-0.15, -0.1) is 0 Å². The number of anilines is 1. The summed E-state index contributed by atoms with van der Waals surface area (Å²) in [4.78, 5) is 37.6. The monoisotopic (exact) mass is 376 g/mol. The normalized spacial score (nSPS) is 16.6. The largest absolute Gasteiger partial charge is 0.467 e. The van der Waals surface area contributed by atoms with Crippen LogP contribution in [0.2, 0.25) is 5.02 Å². The molecular formula is C18H17ClN2O5. The number of likely N-dealkylation sites (tertiary alicyclic amines) is 1. The third kappa shape index (κ3) is 4.43. The van der Waals surface area contributed by atoms with Gasteiger partial charge in [0.2, 0.25) is 5.91 Å². The van der Waals surface area contributed by atoms with E-state index >= 15 is 0 Å². The van der Waals surface area contributed by atoms with Crippen molar-refractivity contribution in [1.29, 1.82) is 0 Å². The first-order valence-electron chi connectivity index (χ1n) is 8.04. The number of halogens is 1. The van der Waals surface area contributed by atoms with Gasteiger partial charge in [-0.05, 0) is 24.3 Å². The molecule has 2 amide bonds. The Kier molecular flexibility index (Phi) is 5.58. The average Bonchev–Trinajstić information content (AvgIpc) is 3.25. The van der Waals surface area contributed by atoms with E-state index in [2.05, 4.69) is 5.32 Å². The second kappa shape index (κ2) is 8.05. The van der Waals surface area contributed by atoms with Gasteiger partial charge in [0.05, 0.1) is 29.4 Å². The van der Waals surface area contributed by atoms with Crippen molar-refractivity contribution in [2.24, 2.45) is 5.92 Å². The van der Waals surface area contributed by atoms with Gasteiger partial charge in [0.1, 0.15) is 5.76 Å². The molecule has 1 aliphatic rings. The molecule has 0 bridgehead atoms. The second-order valence-electron chi connectivity index (χ2n) is 5.89. The van der Waals surface area contributed by atoms with E-state index in [9.17, 15) is 14.4 Å². The van der Waals surface area contributed by atoms with E-state index in [4.69, 9.17) is 20.8 Å². The Hall–Kier alpha value is -2.80. The summed E-state index contributed by atoms with van der Waals surface area (Å²) in [7, 11) is 0. The van der Waals surface area contributed by atoms with Crippen LogP contribution in [0.5, 0.6) is 0 Å². The van der Waals surface area contributed by atoms with Gasteiger partial charge >= 0.3 is 5.97 Å². The quantitative estimate of drug-likeness (QED) is 0.782. The number of carbonyl (C=O) groups excluding carboxylic acids is 3. The van der Waals surface area contributed by atoms with Crippen molar-refractivity contribution in [3.63, 3.8) is 0 Å². The Bertz CT molecular complexity index is 806. The van der Waals surface area contributed by atoms with E-state index < -0.39 is 24.4 Å². The molecule has 8 heteroatoms. The summed E-state index contributed by atoms with van der Waals surface area (Å²) < 4.78 is 10.2. The lowest BCUT2D eigenvalue weighted by molar-refractivity contribution is -0.151. The lowest BCUT2D eigenvalue weighted by Crippen LogP contribution is -2.28. The van der Waals surface area contributed by atoms with Crippen LogP contribution >= 0.6 is 11.6 Å². The Morgan fingerprint density at radius 1 is 1.27 bits per heavy atom. The molecule has 0 unspecified atom stereocenters. The lowest BCUT2D eigenvalue weighted by Gasteiger charge is -2.14. The third-order valence-corrected chi connectivity index (χ3v) is 4.30. The van der Waals surface area contributed by atoms with Crippen molar-refractivity contribution in [3.05, 3.63) is 53.4 Å². The summed E-state index contributed by atoms with van der Waals surface area (Å²) >= 11 is 5.95. The van der Waals surface area contributed by atoms with Crippen molar-refractivity contribution in [2.45, 2.75) is 13.0 Å². The minimum atomic E-state index is -0.592. The maximum atomic E-state index is 12.1. The molecular weight excluding hydrogens is 360 g/mol. The van der Waals surface area contributed by atoms with E-state index in [-0.39, 0.29) is 18.9 Å². The molecule has 2 heterocycles. The molecule has 1 aromatic carbocycles. The molecule has 1 N–H and O–H groups in total. The van der Waals surface area contributed by atoms with Crippen LogP contribution in [-0.4, -0.2) is 35.8 Å². The number of esters is 1. The van der Waals surface area contributed by atoms with Gasteiger partial charge in [0.25, 0.3) is 5.91 Å². The second-order valence-corrected chi connectivity index (χ2v) is 6.30. The Balaban J connectivity index is 1.47. The number of benzene rings is 1. The number of hydrogen-bond donors (Lipinski definition) is 1. The number of amides is 2. The maximum Gasteiger partial charge on any atom is 0.311 e. The minimum Gasteiger partial charge on any atom is -0.467 e. The zero-order valence-electron chi connectivity index (χ0n) is 13.8. The number of hydrogen-bond acceptors (Lipinski definition) is 5. The van der Waals surface area contributed by atoms with E-state index in [0.717, 1.165) is 0 Å².